The predicted molar refractivity (Wildman–Crippen MR) is 83.8 cm³/mol. The van der Waals surface area contributed by atoms with Crippen molar-refractivity contribution in [3.05, 3.63) is 29.6 Å². The first-order valence-corrected chi connectivity index (χ1v) is 7.71. The second kappa shape index (κ2) is 6.74. The van der Waals surface area contributed by atoms with Gasteiger partial charge in [-0.25, -0.2) is 9.18 Å². The number of nitrogens with zero attached hydrogens (tertiary/aromatic N) is 1. The molecule has 2 unspecified atom stereocenters. The van der Waals surface area contributed by atoms with E-state index in [4.69, 9.17) is 9.47 Å². The van der Waals surface area contributed by atoms with Gasteiger partial charge in [0.25, 0.3) is 0 Å². The van der Waals surface area contributed by atoms with Crippen LogP contribution in [0.25, 0.3) is 0 Å². The second-order valence-corrected chi connectivity index (χ2v) is 6.78. The lowest BCUT2D eigenvalue weighted by Crippen LogP contribution is -2.35. The third kappa shape index (κ3) is 4.13. The Kier molecular flexibility index (Phi) is 5.14. The second-order valence-electron chi connectivity index (χ2n) is 6.78. The number of ether oxygens (including phenoxy) is 2. The van der Waals surface area contributed by atoms with Gasteiger partial charge in [-0.15, -0.1) is 0 Å². The Morgan fingerprint density at radius 3 is 2.74 bits per heavy atom. The molecular formula is C17H24FNO4. The van der Waals surface area contributed by atoms with Crippen molar-refractivity contribution in [3.63, 3.8) is 0 Å². The number of carbonyl (C=O) groups is 1. The fraction of sp³-hybridized carbons (Fsp3) is 0.588. The summed E-state index contributed by atoms with van der Waals surface area (Å²) in [6, 6.07) is 4.69. The van der Waals surface area contributed by atoms with E-state index >= 15 is 0 Å². The van der Waals surface area contributed by atoms with Gasteiger partial charge in [0.15, 0.2) is 11.6 Å². The maximum Gasteiger partial charge on any atom is 0.410 e. The minimum absolute atomic E-state index is 0.101. The number of amides is 1. The van der Waals surface area contributed by atoms with Crippen LogP contribution in [0.2, 0.25) is 0 Å². The van der Waals surface area contributed by atoms with Crippen LogP contribution in [-0.2, 0) is 4.74 Å². The molecule has 0 saturated carbocycles. The van der Waals surface area contributed by atoms with Crippen LogP contribution in [-0.4, -0.2) is 41.9 Å². The topological polar surface area (TPSA) is 59.0 Å². The number of aliphatic hydroxyl groups excluding tert-OH is 1. The van der Waals surface area contributed by atoms with Gasteiger partial charge in [-0.2, -0.15) is 0 Å². The summed E-state index contributed by atoms with van der Waals surface area (Å²) in [4.78, 5) is 13.6. The Morgan fingerprint density at radius 1 is 1.43 bits per heavy atom. The fourth-order valence-electron chi connectivity index (χ4n) is 2.71. The largest absolute Gasteiger partial charge is 0.494 e. The molecule has 0 aliphatic carbocycles. The number of halogens is 1. The van der Waals surface area contributed by atoms with Crippen molar-refractivity contribution in [3.8, 4) is 5.75 Å². The van der Waals surface area contributed by atoms with Gasteiger partial charge in [0.2, 0.25) is 0 Å². The molecule has 0 radical (unpaired) electrons. The summed E-state index contributed by atoms with van der Waals surface area (Å²) in [5, 5.41) is 10.5. The van der Waals surface area contributed by atoms with Crippen LogP contribution in [0.15, 0.2) is 18.2 Å². The van der Waals surface area contributed by atoms with E-state index in [-0.39, 0.29) is 17.2 Å². The summed E-state index contributed by atoms with van der Waals surface area (Å²) in [6.45, 7) is 6.24. The predicted octanol–water partition coefficient (Wildman–Crippen LogP) is 3.12. The van der Waals surface area contributed by atoms with Crippen molar-refractivity contribution in [1.82, 2.24) is 4.90 Å². The Balaban J connectivity index is 2.06. The molecule has 5 nitrogen and oxygen atoms in total. The molecule has 1 saturated heterocycles. The number of hydrogen-bond donors (Lipinski definition) is 1. The Morgan fingerprint density at radius 2 is 2.13 bits per heavy atom. The molecule has 1 aromatic carbocycles. The van der Waals surface area contributed by atoms with Gasteiger partial charge in [-0.3, -0.25) is 0 Å². The van der Waals surface area contributed by atoms with Gasteiger partial charge in [-0.1, -0.05) is 12.1 Å². The highest BCUT2D eigenvalue weighted by molar-refractivity contribution is 5.68. The minimum atomic E-state index is -0.988. The molecule has 1 N–H and O–H groups in total. The van der Waals surface area contributed by atoms with Gasteiger partial charge in [0.1, 0.15) is 5.60 Å². The molecule has 1 aliphatic rings. The normalized spacial score (nSPS) is 19.6. The van der Waals surface area contributed by atoms with E-state index in [9.17, 15) is 14.3 Å². The van der Waals surface area contributed by atoms with Crippen LogP contribution in [0, 0.1) is 11.7 Å². The van der Waals surface area contributed by atoms with E-state index in [1.807, 2.05) is 0 Å². The van der Waals surface area contributed by atoms with Crippen molar-refractivity contribution >= 4 is 6.09 Å². The number of benzene rings is 1. The maximum absolute atomic E-state index is 14.3. The highest BCUT2D eigenvalue weighted by atomic mass is 19.1. The summed E-state index contributed by atoms with van der Waals surface area (Å²) in [5.41, 5.74) is -0.368. The highest BCUT2D eigenvalue weighted by Crippen LogP contribution is 2.34. The van der Waals surface area contributed by atoms with E-state index in [1.54, 1.807) is 37.8 Å². The van der Waals surface area contributed by atoms with Crippen LogP contribution in [0.3, 0.4) is 0 Å². The number of rotatable bonds is 3. The summed E-state index contributed by atoms with van der Waals surface area (Å²) in [7, 11) is 1.38. The number of methoxy groups -OCH3 is 1. The van der Waals surface area contributed by atoms with Gasteiger partial charge >= 0.3 is 6.09 Å². The van der Waals surface area contributed by atoms with Gasteiger partial charge in [0, 0.05) is 24.6 Å². The first kappa shape index (κ1) is 17.5. The first-order valence-electron chi connectivity index (χ1n) is 7.71. The van der Waals surface area contributed by atoms with Crippen molar-refractivity contribution < 1.29 is 23.8 Å². The van der Waals surface area contributed by atoms with Gasteiger partial charge < -0.3 is 19.5 Å². The molecule has 2 rings (SSSR count). The average Bonchev–Trinajstić information content (AvgIpc) is 2.95. The van der Waals surface area contributed by atoms with E-state index in [1.165, 1.54) is 13.2 Å². The lowest BCUT2D eigenvalue weighted by molar-refractivity contribution is 0.0267. The van der Waals surface area contributed by atoms with E-state index in [0.29, 0.717) is 19.5 Å². The SMILES string of the molecule is COc1cccc(C(O)C2CCN(C(=O)OC(C)(C)C)C2)c1F. The van der Waals surface area contributed by atoms with Crippen molar-refractivity contribution in [2.75, 3.05) is 20.2 Å². The molecule has 1 amide bonds. The zero-order chi connectivity index (χ0) is 17.2. The summed E-state index contributed by atoms with van der Waals surface area (Å²) in [5.74, 6) is -0.689. The summed E-state index contributed by atoms with van der Waals surface area (Å²) >= 11 is 0. The Bertz CT molecular complexity index is 570. The van der Waals surface area contributed by atoms with Crippen molar-refractivity contribution in [2.24, 2.45) is 5.92 Å². The maximum atomic E-state index is 14.3. The van der Waals surface area contributed by atoms with Crippen LogP contribution >= 0.6 is 0 Å². The molecule has 1 fully saturated rings. The molecule has 23 heavy (non-hydrogen) atoms. The zero-order valence-electron chi connectivity index (χ0n) is 14.0. The molecule has 1 aromatic rings. The Hall–Kier alpha value is -1.82. The number of carbonyl (C=O) groups excluding carboxylic acids is 1. The molecule has 2 atom stereocenters. The third-order valence-corrected chi connectivity index (χ3v) is 3.85. The Labute approximate surface area is 136 Å². The van der Waals surface area contributed by atoms with Gasteiger partial charge in [-0.05, 0) is 33.3 Å². The zero-order valence-corrected chi connectivity index (χ0v) is 14.0. The van der Waals surface area contributed by atoms with E-state index in [0.717, 1.165) is 0 Å². The molecule has 6 heteroatoms. The van der Waals surface area contributed by atoms with Gasteiger partial charge in [0.05, 0.1) is 13.2 Å². The lowest BCUT2D eigenvalue weighted by Gasteiger charge is -2.25. The van der Waals surface area contributed by atoms with Crippen LogP contribution in [0.1, 0.15) is 38.9 Å². The molecule has 0 aromatic heterocycles. The standard InChI is InChI=1S/C17H24FNO4/c1-17(2,3)23-16(21)19-9-8-11(10-19)15(20)12-6-5-7-13(22-4)14(12)18/h5-7,11,15,20H,8-10H2,1-4H3. The van der Waals surface area contributed by atoms with Crippen LogP contribution in [0.5, 0.6) is 5.75 Å². The molecule has 0 spiro atoms. The van der Waals surface area contributed by atoms with Crippen LogP contribution < -0.4 is 4.74 Å². The average molecular weight is 325 g/mol. The smallest absolute Gasteiger partial charge is 0.410 e. The quantitative estimate of drug-likeness (QED) is 0.927. The number of hydrogen-bond acceptors (Lipinski definition) is 4. The number of likely N-dealkylation sites (tertiary alicyclic amines) is 1. The highest BCUT2D eigenvalue weighted by Gasteiger charge is 2.35. The minimum Gasteiger partial charge on any atom is -0.494 e. The monoisotopic (exact) mass is 325 g/mol. The lowest BCUT2D eigenvalue weighted by atomic mass is 9.94. The molecule has 1 heterocycles. The molecular weight excluding hydrogens is 301 g/mol. The van der Waals surface area contributed by atoms with Crippen molar-refractivity contribution in [2.45, 2.75) is 38.9 Å². The molecule has 0 bridgehead atoms. The third-order valence-electron chi connectivity index (χ3n) is 3.85. The van der Waals surface area contributed by atoms with E-state index in [2.05, 4.69) is 0 Å². The first-order chi connectivity index (χ1) is 10.7. The molecule has 128 valence electrons. The summed E-state index contributed by atoms with van der Waals surface area (Å²) in [6.07, 6.45) is -0.798. The summed E-state index contributed by atoms with van der Waals surface area (Å²) < 4.78 is 24.5. The van der Waals surface area contributed by atoms with E-state index < -0.39 is 23.6 Å². The fourth-order valence-corrected chi connectivity index (χ4v) is 2.71. The number of aliphatic hydroxyl groups is 1. The molecule has 1 aliphatic heterocycles. The van der Waals surface area contributed by atoms with Crippen molar-refractivity contribution in [1.29, 1.82) is 0 Å². The van der Waals surface area contributed by atoms with Crippen LogP contribution in [0.4, 0.5) is 9.18 Å².